The number of methoxy groups -OCH3 is 2. The standard InChI is InChI=1S/C20H25ClN2O5S/c1-5-23(29(25,26)17-10-11-19(28-4)18(21)12-17)13-20(24)22-14(2)15-6-8-16(27-3)9-7-15/h6-12,14H,5,13H2,1-4H3,(H,22,24)/t14-/m0/s1. The van der Waals surface area contributed by atoms with Gasteiger partial charge in [0, 0.05) is 6.54 Å². The zero-order chi connectivity index (χ0) is 21.6. The van der Waals surface area contributed by atoms with Crippen LogP contribution in [0, 0.1) is 0 Å². The summed E-state index contributed by atoms with van der Waals surface area (Å²) in [6, 6.07) is 11.2. The van der Waals surface area contributed by atoms with Crippen LogP contribution in [0.15, 0.2) is 47.4 Å². The largest absolute Gasteiger partial charge is 0.497 e. The Morgan fingerprint density at radius 1 is 1.14 bits per heavy atom. The molecule has 7 nitrogen and oxygen atoms in total. The molecule has 2 aromatic carbocycles. The zero-order valence-corrected chi connectivity index (χ0v) is 18.4. The Balaban J connectivity index is 2.10. The second-order valence-electron chi connectivity index (χ2n) is 6.29. The molecule has 0 saturated carbocycles. The number of halogens is 1. The van der Waals surface area contributed by atoms with Crippen LogP contribution in [-0.2, 0) is 14.8 Å². The number of likely N-dealkylation sites (N-methyl/N-ethyl adjacent to an activating group) is 1. The van der Waals surface area contributed by atoms with E-state index in [0.717, 1.165) is 9.87 Å². The molecule has 2 rings (SSSR count). The summed E-state index contributed by atoms with van der Waals surface area (Å²) in [5.74, 6) is 0.687. The molecule has 1 amide bonds. The molecule has 0 fully saturated rings. The third-order valence-electron chi connectivity index (χ3n) is 4.43. The van der Waals surface area contributed by atoms with E-state index in [-0.39, 0.29) is 29.0 Å². The van der Waals surface area contributed by atoms with Gasteiger partial charge >= 0.3 is 0 Å². The molecule has 0 heterocycles. The van der Waals surface area contributed by atoms with Gasteiger partial charge in [-0.15, -0.1) is 0 Å². The summed E-state index contributed by atoms with van der Waals surface area (Å²) in [6.07, 6.45) is 0. The Morgan fingerprint density at radius 2 is 1.79 bits per heavy atom. The van der Waals surface area contributed by atoms with Crippen molar-refractivity contribution in [2.75, 3.05) is 27.3 Å². The van der Waals surface area contributed by atoms with Crippen LogP contribution in [0.3, 0.4) is 0 Å². The molecule has 0 aliphatic rings. The minimum Gasteiger partial charge on any atom is -0.497 e. The lowest BCUT2D eigenvalue weighted by Gasteiger charge is -2.22. The highest BCUT2D eigenvalue weighted by atomic mass is 35.5. The first-order valence-corrected chi connectivity index (χ1v) is 10.8. The van der Waals surface area contributed by atoms with Crippen LogP contribution in [0.1, 0.15) is 25.5 Å². The van der Waals surface area contributed by atoms with E-state index < -0.39 is 15.9 Å². The quantitative estimate of drug-likeness (QED) is 0.647. The molecule has 0 bridgehead atoms. The molecule has 0 aliphatic heterocycles. The van der Waals surface area contributed by atoms with Crippen molar-refractivity contribution in [3.05, 3.63) is 53.1 Å². The molecule has 0 unspecified atom stereocenters. The SMILES string of the molecule is CCN(CC(=O)N[C@@H](C)c1ccc(OC)cc1)S(=O)(=O)c1ccc(OC)c(Cl)c1. The first-order valence-electron chi connectivity index (χ1n) is 9.00. The second kappa shape index (κ2) is 9.96. The van der Waals surface area contributed by atoms with E-state index in [0.29, 0.717) is 11.5 Å². The predicted octanol–water partition coefficient (Wildman–Crippen LogP) is 3.25. The zero-order valence-electron chi connectivity index (χ0n) is 16.8. The van der Waals surface area contributed by atoms with E-state index >= 15 is 0 Å². The van der Waals surface area contributed by atoms with Crippen molar-refractivity contribution in [2.24, 2.45) is 0 Å². The molecule has 0 aliphatic carbocycles. The number of nitrogens with zero attached hydrogens (tertiary/aromatic N) is 1. The van der Waals surface area contributed by atoms with Crippen molar-refractivity contribution in [3.8, 4) is 11.5 Å². The highest BCUT2D eigenvalue weighted by molar-refractivity contribution is 7.89. The fourth-order valence-electron chi connectivity index (χ4n) is 2.75. The normalized spacial score (nSPS) is 12.5. The molecule has 0 spiro atoms. The van der Waals surface area contributed by atoms with Crippen molar-refractivity contribution in [1.82, 2.24) is 9.62 Å². The highest BCUT2D eigenvalue weighted by Gasteiger charge is 2.26. The van der Waals surface area contributed by atoms with Gasteiger partial charge < -0.3 is 14.8 Å². The van der Waals surface area contributed by atoms with Gasteiger partial charge in [-0.05, 0) is 42.8 Å². The van der Waals surface area contributed by atoms with Crippen LogP contribution in [0.5, 0.6) is 11.5 Å². The minimum absolute atomic E-state index is 0.00107. The van der Waals surface area contributed by atoms with Gasteiger partial charge in [0.15, 0.2) is 0 Å². The van der Waals surface area contributed by atoms with Crippen molar-refractivity contribution < 1.29 is 22.7 Å². The van der Waals surface area contributed by atoms with Crippen molar-refractivity contribution in [1.29, 1.82) is 0 Å². The maximum absolute atomic E-state index is 12.9. The highest BCUT2D eigenvalue weighted by Crippen LogP contribution is 2.28. The first-order chi connectivity index (χ1) is 13.7. The van der Waals surface area contributed by atoms with E-state index in [1.54, 1.807) is 26.2 Å². The molecule has 2 aromatic rings. The van der Waals surface area contributed by atoms with Crippen molar-refractivity contribution in [2.45, 2.75) is 24.8 Å². The van der Waals surface area contributed by atoms with Crippen LogP contribution in [-0.4, -0.2) is 45.9 Å². The van der Waals surface area contributed by atoms with Crippen LogP contribution in [0.4, 0.5) is 0 Å². The molecular formula is C20H25ClN2O5S. The predicted molar refractivity (Wildman–Crippen MR) is 112 cm³/mol. The van der Waals surface area contributed by atoms with Gasteiger partial charge in [0.25, 0.3) is 0 Å². The topological polar surface area (TPSA) is 84.9 Å². The fourth-order valence-corrected chi connectivity index (χ4v) is 4.50. The van der Waals surface area contributed by atoms with E-state index in [1.165, 1.54) is 25.3 Å². The summed E-state index contributed by atoms with van der Waals surface area (Å²) in [7, 11) is -0.861. The molecule has 0 radical (unpaired) electrons. The Labute approximate surface area is 176 Å². The molecule has 1 N–H and O–H groups in total. The number of hydrogen-bond donors (Lipinski definition) is 1. The number of carbonyl (C=O) groups is 1. The molecule has 9 heteroatoms. The van der Waals surface area contributed by atoms with E-state index in [4.69, 9.17) is 21.1 Å². The van der Waals surface area contributed by atoms with Crippen molar-refractivity contribution in [3.63, 3.8) is 0 Å². The van der Waals surface area contributed by atoms with Gasteiger partial charge in [0.1, 0.15) is 11.5 Å². The lowest BCUT2D eigenvalue weighted by Crippen LogP contribution is -2.41. The summed E-state index contributed by atoms with van der Waals surface area (Å²) >= 11 is 6.05. The van der Waals surface area contributed by atoms with Crippen LogP contribution >= 0.6 is 11.6 Å². The monoisotopic (exact) mass is 440 g/mol. The van der Waals surface area contributed by atoms with Gasteiger partial charge in [0.05, 0.1) is 36.7 Å². The minimum atomic E-state index is -3.89. The van der Waals surface area contributed by atoms with Crippen LogP contribution in [0.2, 0.25) is 5.02 Å². The summed E-state index contributed by atoms with van der Waals surface area (Å²) < 4.78 is 37.1. The smallest absolute Gasteiger partial charge is 0.243 e. The number of rotatable bonds is 9. The van der Waals surface area contributed by atoms with E-state index in [2.05, 4.69) is 5.32 Å². The number of hydrogen-bond acceptors (Lipinski definition) is 5. The average molecular weight is 441 g/mol. The molecule has 0 saturated heterocycles. The molecule has 0 aromatic heterocycles. The van der Waals surface area contributed by atoms with Crippen LogP contribution in [0.25, 0.3) is 0 Å². The Morgan fingerprint density at radius 3 is 2.31 bits per heavy atom. The Bertz CT molecular complexity index is 948. The second-order valence-corrected chi connectivity index (χ2v) is 8.64. The average Bonchev–Trinajstić information content (AvgIpc) is 2.71. The Kier molecular flexibility index (Phi) is 7.89. The number of nitrogens with one attached hydrogen (secondary N) is 1. The number of amides is 1. The van der Waals surface area contributed by atoms with Crippen molar-refractivity contribution >= 4 is 27.5 Å². The molecular weight excluding hydrogens is 416 g/mol. The third kappa shape index (κ3) is 5.62. The Hall–Kier alpha value is -2.29. The van der Waals surface area contributed by atoms with E-state index in [1.807, 2.05) is 19.1 Å². The lowest BCUT2D eigenvalue weighted by molar-refractivity contribution is -0.121. The lowest BCUT2D eigenvalue weighted by atomic mass is 10.1. The number of benzene rings is 2. The molecule has 1 atom stereocenters. The number of sulfonamides is 1. The van der Waals surface area contributed by atoms with Gasteiger partial charge in [0.2, 0.25) is 15.9 Å². The van der Waals surface area contributed by atoms with Crippen LogP contribution < -0.4 is 14.8 Å². The van der Waals surface area contributed by atoms with Gasteiger partial charge in [-0.3, -0.25) is 4.79 Å². The first kappa shape index (κ1) is 23.0. The maximum atomic E-state index is 12.9. The van der Waals surface area contributed by atoms with Gasteiger partial charge in [-0.25, -0.2) is 8.42 Å². The number of ether oxygens (including phenoxy) is 2. The number of carbonyl (C=O) groups excluding carboxylic acids is 1. The summed E-state index contributed by atoms with van der Waals surface area (Å²) in [5, 5.41) is 3.00. The molecule has 29 heavy (non-hydrogen) atoms. The summed E-state index contributed by atoms with van der Waals surface area (Å²) in [4.78, 5) is 12.5. The third-order valence-corrected chi connectivity index (χ3v) is 6.64. The molecule has 158 valence electrons. The summed E-state index contributed by atoms with van der Waals surface area (Å²) in [6.45, 7) is 3.33. The van der Waals surface area contributed by atoms with E-state index in [9.17, 15) is 13.2 Å². The fraction of sp³-hybridized carbons (Fsp3) is 0.350. The van der Waals surface area contributed by atoms with Gasteiger partial charge in [-0.1, -0.05) is 30.7 Å². The maximum Gasteiger partial charge on any atom is 0.243 e. The summed E-state index contributed by atoms with van der Waals surface area (Å²) in [5.41, 5.74) is 0.881. The van der Waals surface area contributed by atoms with Gasteiger partial charge in [-0.2, -0.15) is 4.31 Å².